The summed E-state index contributed by atoms with van der Waals surface area (Å²) in [5.74, 6) is 3.94. The maximum atomic E-state index is 18.0. The minimum Gasteiger partial charge on any atom is -0.471 e. The number of aromatic nitrogens is 3. The van der Waals surface area contributed by atoms with Crippen LogP contribution in [0.3, 0.4) is 0 Å². The quantitative estimate of drug-likeness (QED) is 0.0975. The first-order valence-electron chi connectivity index (χ1n) is 23.4. The maximum Gasteiger partial charge on any atom is 0.410 e. The molecule has 0 N–H and O–H groups in total. The Bertz CT molecular complexity index is 2520. The number of carbonyl (C=O) groups excluding carboxylic acids is 1. The Morgan fingerprint density at radius 3 is 2.46 bits per heavy atom. The molecule has 10 nitrogen and oxygen atoms in total. The van der Waals surface area contributed by atoms with E-state index in [1.165, 1.54) is 5.57 Å². The molecule has 2 aromatic heterocycles. The summed E-state index contributed by atoms with van der Waals surface area (Å²) in [5, 5.41) is 2.22. The Labute approximate surface area is 374 Å². The Kier molecular flexibility index (Phi) is 11.1. The zero-order valence-electron chi connectivity index (χ0n) is 39.0. The third kappa shape index (κ3) is 7.26. The first-order valence-corrected chi connectivity index (χ1v) is 25.6. The van der Waals surface area contributed by atoms with Gasteiger partial charge >= 0.3 is 12.1 Å². The van der Waals surface area contributed by atoms with E-state index < -0.39 is 25.6 Å². The lowest BCUT2D eigenvalue weighted by Crippen LogP contribution is -2.65. The van der Waals surface area contributed by atoms with Gasteiger partial charge in [0.15, 0.2) is 5.82 Å². The number of rotatable bonds is 8. The van der Waals surface area contributed by atoms with E-state index >= 15 is 4.39 Å². The van der Waals surface area contributed by atoms with Gasteiger partial charge in [-0.2, -0.15) is 9.97 Å². The molecule has 5 atom stereocenters. The van der Waals surface area contributed by atoms with Crippen molar-refractivity contribution in [3.8, 4) is 34.6 Å². The van der Waals surface area contributed by atoms with Crippen LogP contribution in [-0.2, 0) is 4.74 Å². The smallest absolute Gasteiger partial charge is 0.410 e. The van der Waals surface area contributed by atoms with Gasteiger partial charge in [-0.25, -0.2) is 14.2 Å². The summed E-state index contributed by atoms with van der Waals surface area (Å²) in [7, 11) is -2.10. The first-order chi connectivity index (χ1) is 30.0. The van der Waals surface area contributed by atoms with Gasteiger partial charge in [0, 0.05) is 29.6 Å². The first kappa shape index (κ1) is 43.5. The fourth-order valence-electron chi connectivity index (χ4n) is 12.3. The maximum absolute atomic E-state index is 18.0. The number of benzene rings is 2. The summed E-state index contributed by atoms with van der Waals surface area (Å²) in [4.78, 5) is 35.8. The summed E-state index contributed by atoms with van der Waals surface area (Å²) in [6.07, 6.45) is 4.41. The summed E-state index contributed by atoms with van der Waals surface area (Å²) in [6, 6.07) is 11.6. The van der Waals surface area contributed by atoms with E-state index in [-0.39, 0.29) is 52.9 Å². The lowest BCUT2D eigenvalue weighted by Gasteiger charge is -2.48. The predicted molar refractivity (Wildman–Crippen MR) is 252 cm³/mol. The van der Waals surface area contributed by atoms with Crippen LogP contribution in [-0.4, -0.2) is 101 Å². The van der Waals surface area contributed by atoms with Gasteiger partial charge in [-0.1, -0.05) is 96.9 Å². The number of fused-ring (bicyclic) bond motifs is 7. The second-order valence-electron chi connectivity index (χ2n) is 20.8. The monoisotopic (exact) mass is 872 g/mol. The summed E-state index contributed by atoms with van der Waals surface area (Å²) < 4.78 is 37.8. The van der Waals surface area contributed by atoms with Gasteiger partial charge < -0.3 is 19.1 Å². The number of hydrogen-bond acceptors (Lipinski definition) is 9. The highest BCUT2D eigenvalue weighted by Gasteiger charge is 2.55. The summed E-state index contributed by atoms with van der Waals surface area (Å²) >= 11 is 0. The molecule has 1 amide bonds. The van der Waals surface area contributed by atoms with Crippen molar-refractivity contribution in [3.05, 3.63) is 59.9 Å². The number of ether oxygens (including phenoxy) is 3. The molecule has 4 fully saturated rings. The third-order valence-corrected chi connectivity index (χ3v) is 21.3. The van der Waals surface area contributed by atoms with Crippen molar-refractivity contribution in [2.24, 2.45) is 0 Å². The van der Waals surface area contributed by atoms with Crippen molar-refractivity contribution in [3.63, 3.8) is 0 Å². The van der Waals surface area contributed by atoms with Crippen LogP contribution in [0, 0.1) is 17.3 Å². The van der Waals surface area contributed by atoms with E-state index in [0.717, 1.165) is 61.5 Å². The van der Waals surface area contributed by atoms with E-state index in [4.69, 9.17) is 29.2 Å². The van der Waals surface area contributed by atoms with Gasteiger partial charge in [0.2, 0.25) is 5.88 Å². The highest BCUT2D eigenvalue weighted by Crippen LogP contribution is 2.49. The van der Waals surface area contributed by atoms with Crippen LogP contribution in [0.25, 0.3) is 32.9 Å². The van der Waals surface area contributed by atoms with Crippen molar-refractivity contribution in [2.45, 2.75) is 160 Å². The molecule has 5 aliphatic heterocycles. The second kappa shape index (κ2) is 16.1. The zero-order valence-corrected chi connectivity index (χ0v) is 40.0. The average molecular weight is 873 g/mol. The largest absolute Gasteiger partial charge is 0.471 e. The number of carbonyl (C=O) groups is 1. The van der Waals surface area contributed by atoms with Crippen molar-refractivity contribution in [1.82, 2.24) is 24.8 Å². The molecule has 4 saturated heterocycles. The van der Waals surface area contributed by atoms with E-state index in [1.54, 1.807) is 0 Å². The Morgan fingerprint density at radius 2 is 1.76 bits per heavy atom. The highest BCUT2D eigenvalue weighted by atomic mass is 28.3. The molecule has 5 aliphatic rings. The normalized spacial score (nSPS) is 24.5. The molecular formula is C51H65FN6O4Si. The van der Waals surface area contributed by atoms with Crippen LogP contribution < -0.4 is 14.4 Å². The predicted octanol–water partition coefficient (Wildman–Crippen LogP) is 10.9. The molecule has 2 aromatic carbocycles. The van der Waals surface area contributed by atoms with Crippen LogP contribution in [0.2, 0.25) is 16.6 Å². The number of hydrogen-bond donors (Lipinski definition) is 0. The zero-order chi connectivity index (χ0) is 44.7. The molecule has 4 aromatic rings. The third-order valence-electron chi connectivity index (χ3n) is 15.0. The van der Waals surface area contributed by atoms with Crippen molar-refractivity contribution in [2.75, 3.05) is 31.1 Å². The summed E-state index contributed by atoms with van der Waals surface area (Å²) in [5.41, 5.74) is 7.38. The number of halogens is 1. The van der Waals surface area contributed by atoms with E-state index in [0.29, 0.717) is 53.0 Å². The molecule has 2 bridgehead atoms. The SMILES string of the molecule is C=C1CN2CCCC2(COc2nc3c4c(nc(-c5cccc6cccc(C#C[Si](C(C)C)(C(C)C)C(C)C)c56)c(F)c4n2)OC(CC)[C@@H]2[C@@H]4CC[C@H](CN32)N4C(=O)OC(C)(C)C)C1. The standard InChI is InChI=1S/C51H65FN6O4Si/c1-12-39-45-38-21-20-36(58(38)49(59)62-50(9,10)11)28-57(45)46-41-44(54-48(55-46)60-29-51-23-15-24-56(51)27-33(8)26-51)42(52)43(53-47(41)61-39)37-19-14-18-34-16-13-17-35(40(34)37)22-25-63(30(2)3,31(4)5)32(6)7/h13-14,16-19,30-32,36,38-39,45H,8,12,15,20-21,23-24,26-29H2,1-7,9-11H3/t36-,38+,39?,45+,51?/m1/s1. The van der Waals surface area contributed by atoms with Gasteiger partial charge in [0.25, 0.3) is 0 Å². The van der Waals surface area contributed by atoms with Gasteiger partial charge in [-0.05, 0) is 93.9 Å². The average Bonchev–Trinajstić information content (AvgIpc) is 3.83. The van der Waals surface area contributed by atoms with E-state index in [9.17, 15) is 4.79 Å². The topological polar surface area (TPSA) is 93.2 Å². The van der Waals surface area contributed by atoms with Crippen LogP contribution in [0.4, 0.5) is 15.0 Å². The Hall–Kier alpha value is -4.73. The molecule has 0 aliphatic carbocycles. The molecule has 0 spiro atoms. The molecule has 12 heteroatoms. The second-order valence-corrected chi connectivity index (χ2v) is 26.4. The Balaban J connectivity index is 1.23. The van der Waals surface area contributed by atoms with E-state index in [1.807, 2.05) is 43.9 Å². The molecule has 2 unspecified atom stereocenters. The van der Waals surface area contributed by atoms with Gasteiger partial charge in [-0.3, -0.25) is 9.80 Å². The molecule has 63 heavy (non-hydrogen) atoms. The lowest BCUT2D eigenvalue weighted by atomic mass is 9.94. The Morgan fingerprint density at radius 1 is 1.03 bits per heavy atom. The fraction of sp³-hybridized carbons (Fsp3) is 0.569. The fourth-order valence-corrected chi connectivity index (χ4v) is 17.5. The summed E-state index contributed by atoms with van der Waals surface area (Å²) in [6.45, 7) is 28.7. The van der Waals surface area contributed by atoms with Crippen LogP contribution >= 0.6 is 0 Å². The van der Waals surface area contributed by atoms with Gasteiger partial charge in [0.05, 0.1) is 23.7 Å². The minimum absolute atomic E-state index is 0.107. The van der Waals surface area contributed by atoms with Crippen LogP contribution in [0.5, 0.6) is 11.9 Å². The number of amides is 1. The molecule has 0 radical (unpaired) electrons. The minimum atomic E-state index is -2.10. The molecule has 334 valence electrons. The molecule has 9 rings (SSSR count). The number of piperazine rings is 1. The van der Waals surface area contributed by atoms with Crippen molar-refractivity contribution in [1.29, 1.82) is 0 Å². The highest BCUT2D eigenvalue weighted by molar-refractivity contribution is 6.90. The lowest BCUT2D eigenvalue weighted by molar-refractivity contribution is -0.000590. The van der Waals surface area contributed by atoms with Gasteiger partial charge in [-0.15, -0.1) is 5.54 Å². The number of anilines is 1. The molecule has 0 saturated carbocycles. The van der Waals surface area contributed by atoms with Crippen molar-refractivity contribution < 1.29 is 23.4 Å². The van der Waals surface area contributed by atoms with Crippen molar-refractivity contribution >= 4 is 41.7 Å². The van der Waals surface area contributed by atoms with Crippen LogP contribution in [0.15, 0.2) is 48.6 Å². The molecule has 7 heterocycles. The van der Waals surface area contributed by atoms with E-state index in [2.05, 4.69) is 94.5 Å². The van der Waals surface area contributed by atoms with Crippen LogP contribution in [0.1, 0.15) is 113 Å². The van der Waals surface area contributed by atoms with Gasteiger partial charge in [0.1, 0.15) is 48.8 Å². The molecular weight excluding hydrogens is 808 g/mol. The number of nitrogens with zero attached hydrogens (tertiary/aromatic N) is 6. The number of pyridine rings is 1.